The van der Waals surface area contributed by atoms with Gasteiger partial charge in [-0.2, -0.15) is 0 Å². The molecule has 0 spiro atoms. The second-order valence-corrected chi connectivity index (χ2v) is 12.6. The third-order valence-electron chi connectivity index (χ3n) is 9.59. The molecule has 1 aliphatic carbocycles. The van der Waals surface area contributed by atoms with Gasteiger partial charge in [-0.1, -0.05) is 135 Å². The molecule has 0 N–H and O–H groups in total. The fourth-order valence-corrected chi connectivity index (χ4v) is 7.46. The number of hydrogen-bond acceptors (Lipinski definition) is 2. The molecule has 1 aliphatic rings. The first-order valence-corrected chi connectivity index (χ1v) is 15.9. The largest absolute Gasteiger partial charge is 0.309 e. The van der Waals surface area contributed by atoms with Crippen molar-refractivity contribution < 1.29 is 0 Å². The summed E-state index contributed by atoms with van der Waals surface area (Å²) in [5, 5.41) is 2.55. The van der Waals surface area contributed by atoms with Crippen LogP contribution in [0.15, 0.2) is 152 Å². The molecule has 3 heteroatoms. The molecule has 0 amide bonds. The van der Waals surface area contributed by atoms with Crippen LogP contribution in [0.4, 0.5) is 0 Å². The standard InChI is InChI=1S/C43H31N3/c1-43(2)35-21-13-12-20-32(35)33-24-25-38-40(41(33)43)34-23-22-30(26-39(34)46(38)31-18-10-5-11-19-31)42-44-36(28-14-6-3-7-15-28)27-37(45-42)29-16-8-4-9-17-29/h3-27H,1-2H3. The van der Waals surface area contributed by atoms with Crippen molar-refractivity contribution in [2.24, 2.45) is 0 Å². The quantitative estimate of drug-likeness (QED) is 0.204. The fourth-order valence-electron chi connectivity index (χ4n) is 7.46. The molecule has 0 saturated carbocycles. The molecular weight excluding hydrogens is 558 g/mol. The summed E-state index contributed by atoms with van der Waals surface area (Å²) in [4.78, 5) is 10.3. The fraction of sp³-hybridized carbons (Fsp3) is 0.0698. The van der Waals surface area contributed by atoms with Crippen molar-refractivity contribution in [2.45, 2.75) is 19.3 Å². The Bertz CT molecular complexity index is 2360. The van der Waals surface area contributed by atoms with Crippen molar-refractivity contribution in [3.05, 3.63) is 163 Å². The molecule has 3 nitrogen and oxygen atoms in total. The van der Waals surface area contributed by atoms with Crippen molar-refractivity contribution in [2.75, 3.05) is 0 Å². The number of nitrogens with zero attached hydrogens (tertiary/aromatic N) is 3. The van der Waals surface area contributed by atoms with Gasteiger partial charge in [-0.25, -0.2) is 9.97 Å². The van der Waals surface area contributed by atoms with E-state index >= 15 is 0 Å². The van der Waals surface area contributed by atoms with Gasteiger partial charge in [-0.3, -0.25) is 0 Å². The molecule has 2 heterocycles. The molecule has 0 fully saturated rings. The van der Waals surface area contributed by atoms with Gasteiger partial charge in [0.2, 0.25) is 0 Å². The summed E-state index contributed by atoms with van der Waals surface area (Å²) in [5.74, 6) is 0.713. The highest BCUT2D eigenvalue weighted by molar-refractivity contribution is 6.15. The van der Waals surface area contributed by atoms with Crippen LogP contribution in [0.5, 0.6) is 0 Å². The van der Waals surface area contributed by atoms with Crippen molar-refractivity contribution in [3.63, 3.8) is 0 Å². The summed E-state index contributed by atoms with van der Waals surface area (Å²) in [6.07, 6.45) is 0. The van der Waals surface area contributed by atoms with E-state index in [1.54, 1.807) is 0 Å². The van der Waals surface area contributed by atoms with E-state index in [2.05, 4.69) is 158 Å². The van der Waals surface area contributed by atoms with Crippen LogP contribution in [0.2, 0.25) is 0 Å². The Morgan fingerprint density at radius 1 is 0.500 bits per heavy atom. The second-order valence-electron chi connectivity index (χ2n) is 12.6. The second kappa shape index (κ2) is 10.1. The van der Waals surface area contributed by atoms with Gasteiger partial charge in [-0.15, -0.1) is 0 Å². The van der Waals surface area contributed by atoms with Crippen LogP contribution in [0.25, 0.3) is 72.5 Å². The number of rotatable bonds is 4. The van der Waals surface area contributed by atoms with E-state index in [0.29, 0.717) is 5.82 Å². The Balaban J connectivity index is 1.33. The predicted octanol–water partition coefficient (Wildman–Crippen LogP) is 10.9. The minimum Gasteiger partial charge on any atom is -0.309 e. The first kappa shape index (κ1) is 26.6. The Labute approximate surface area is 268 Å². The highest BCUT2D eigenvalue weighted by atomic mass is 15.0. The van der Waals surface area contributed by atoms with Gasteiger partial charge in [0.1, 0.15) is 0 Å². The number of fused-ring (bicyclic) bond motifs is 7. The molecule has 0 atom stereocenters. The molecule has 0 radical (unpaired) electrons. The summed E-state index contributed by atoms with van der Waals surface area (Å²) in [7, 11) is 0. The zero-order valence-electron chi connectivity index (χ0n) is 25.8. The Morgan fingerprint density at radius 2 is 1.11 bits per heavy atom. The maximum atomic E-state index is 5.15. The summed E-state index contributed by atoms with van der Waals surface area (Å²) < 4.78 is 2.41. The minimum atomic E-state index is -0.127. The van der Waals surface area contributed by atoms with Crippen LogP contribution in [0, 0.1) is 0 Å². The van der Waals surface area contributed by atoms with E-state index in [9.17, 15) is 0 Å². The van der Waals surface area contributed by atoms with E-state index < -0.39 is 0 Å². The highest BCUT2D eigenvalue weighted by Gasteiger charge is 2.38. The van der Waals surface area contributed by atoms with Crippen LogP contribution < -0.4 is 0 Å². The number of para-hydroxylation sites is 1. The smallest absolute Gasteiger partial charge is 0.160 e. The zero-order chi connectivity index (χ0) is 30.8. The predicted molar refractivity (Wildman–Crippen MR) is 190 cm³/mol. The third-order valence-corrected chi connectivity index (χ3v) is 9.59. The zero-order valence-corrected chi connectivity index (χ0v) is 25.8. The lowest BCUT2D eigenvalue weighted by molar-refractivity contribution is 0.666. The Morgan fingerprint density at radius 3 is 1.78 bits per heavy atom. The summed E-state index contributed by atoms with van der Waals surface area (Å²) in [5.41, 5.74) is 13.8. The lowest BCUT2D eigenvalue weighted by atomic mass is 9.80. The van der Waals surface area contributed by atoms with Gasteiger partial charge >= 0.3 is 0 Å². The average Bonchev–Trinajstić information content (AvgIpc) is 3.57. The molecule has 46 heavy (non-hydrogen) atoms. The van der Waals surface area contributed by atoms with Gasteiger partial charge in [0.05, 0.1) is 22.4 Å². The summed E-state index contributed by atoms with van der Waals surface area (Å²) in [6.45, 7) is 4.73. The Kier molecular flexibility index (Phi) is 5.85. The van der Waals surface area contributed by atoms with Crippen LogP contribution >= 0.6 is 0 Å². The van der Waals surface area contributed by atoms with E-state index in [1.165, 1.54) is 38.5 Å². The average molecular weight is 590 g/mol. The topological polar surface area (TPSA) is 30.7 Å². The van der Waals surface area contributed by atoms with Crippen molar-refractivity contribution >= 4 is 21.8 Å². The number of aromatic nitrogens is 3. The molecule has 9 rings (SSSR count). The third kappa shape index (κ3) is 3.98. The molecule has 0 bridgehead atoms. The molecule has 8 aromatic rings. The van der Waals surface area contributed by atoms with Gasteiger partial charge in [0.15, 0.2) is 5.82 Å². The lowest BCUT2D eigenvalue weighted by Gasteiger charge is -2.22. The van der Waals surface area contributed by atoms with Crippen molar-refractivity contribution in [3.8, 4) is 50.7 Å². The minimum absolute atomic E-state index is 0.127. The lowest BCUT2D eigenvalue weighted by Crippen LogP contribution is -2.15. The van der Waals surface area contributed by atoms with Gasteiger partial charge in [0, 0.05) is 38.6 Å². The molecule has 0 unspecified atom stereocenters. The van der Waals surface area contributed by atoms with Gasteiger partial charge < -0.3 is 4.57 Å². The number of benzene rings is 6. The molecular formula is C43H31N3. The summed E-state index contributed by atoms with van der Waals surface area (Å²) in [6, 6.07) is 53.8. The van der Waals surface area contributed by atoms with E-state index in [4.69, 9.17) is 9.97 Å². The highest BCUT2D eigenvalue weighted by Crippen LogP contribution is 2.53. The first-order chi connectivity index (χ1) is 22.6. The van der Waals surface area contributed by atoms with Crippen molar-refractivity contribution in [1.29, 1.82) is 0 Å². The molecule has 2 aromatic heterocycles. The number of hydrogen-bond donors (Lipinski definition) is 0. The summed E-state index contributed by atoms with van der Waals surface area (Å²) >= 11 is 0. The first-order valence-electron chi connectivity index (χ1n) is 15.9. The molecule has 0 saturated heterocycles. The van der Waals surface area contributed by atoms with E-state index in [0.717, 1.165) is 39.3 Å². The maximum absolute atomic E-state index is 5.15. The van der Waals surface area contributed by atoms with Gasteiger partial charge in [-0.05, 0) is 52.6 Å². The monoisotopic (exact) mass is 589 g/mol. The maximum Gasteiger partial charge on any atom is 0.160 e. The molecule has 6 aromatic carbocycles. The SMILES string of the molecule is CC1(C)c2ccccc2-c2ccc3c(c21)c1ccc(-c2nc(-c4ccccc4)cc(-c4ccccc4)n2)cc1n3-c1ccccc1. The van der Waals surface area contributed by atoms with Crippen LogP contribution in [-0.4, -0.2) is 14.5 Å². The van der Waals surface area contributed by atoms with Crippen LogP contribution in [0.3, 0.4) is 0 Å². The Hall–Kier alpha value is -5.80. The molecule has 0 aliphatic heterocycles. The van der Waals surface area contributed by atoms with Crippen LogP contribution in [-0.2, 0) is 5.41 Å². The normalized spacial score (nSPS) is 13.2. The van der Waals surface area contributed by atoms with E-state index in [-0.39, 0.29) is 5.41 Å². The van der Waals surface area contributed by atoms with Crippen LogP contribution in [0.1, 0.15) is 25.0 Å². The van der Waals surface area contributed by atoms with Gasteiger partial charge in [0.25, 0.3) is 0 Å². The van der Waals surface area contributed by atoms with Crippen molar-refractivity contribution in [1.82, 2.24) is 14.5 Å². The van der Waals surface area contributed by atoms with E-state index in [1.807, 2.05) is 12.1 Å². The molecule has 218 valence electrons.